The van der Waals surface area contributed by atoms with Crippen LogP contribution >= 0.6 is 11.8 Å². The fraction of sp³-hybridized carbons (Fsp3) is 0.519. The number of aliphatic carboxylic acids is 1. The van der Waals surface area contributed by atoms with Gasteiger partial charge >= 0.3 is 5.97 Å². The van der Waals surface area contributed by atoms with Gasteiger partial charge < -0.3 is 24.4 Å². The topological polar surface area (TPSA) is 101 Å². The van der Waals surface area contributed by atoms with E-state index < -0.39 is 12.1 Å². The lowest BCUT2D eigenvalue weighted by Gasteiger charge is -2.39. The third-order valence-corrected chi connectivity index (χ3v) is 8.36. The average Bonchev–Trinajstić information content (AvgIpc) is 3.30. The molecular formula is C27H36N4O4S. The molecule has 0 radical (unpaired) electrons. The molecule has 9 heteroatoms. The first-order valence-electron chi connectivity index (χ1n) is 12.6. The zero-order valence-corrected chi connectivity index (χ0v) is 21.9. The molecule has 4 rings (SSSR count). The van der Waals surface area contributed by atoms with E-state index in [1.807, 2.05) is 48.4 Å². The Balaban J connectivity index is 1.36. The number of aryl methyl sites for hydroxylation is 1. The summed E-state index contributed by atoms with van der Waals surface area (Å²) in [7, 11) is 3.64. The van der Waals surface area contributed by atoms with Crippen LogP contribution in [0.3, 0.4) is 0 Å². The van der Waals surface area contributed by atoms with Gasteiger partial charge in [-0.3, -0.25) is 9.78 Å². The van der Waals surface area contributed by atoms with Gasteiger partial charge in [0.05, 0.1) is 36.3 Å². The Morgan fingerprint density at radius 2 is 2.14 bits per heavy atom. The first-order chi connectivity index (χ1) is 17.4. The van der Waals surface area contributed by atoms with Gasteiger partial charge in [0.25, 0.3) is 0 Å². The number of aliphatic hydroxyl groups excluding tert-OH is 1. The van der Waals surface area contributed by atoms with Crippen molar-refractivity contribution in [2.24, 2.45) is 18.9 Å². The molecule has 3 atom stereocenters. The normalized spacial score (nSPS) is 19.4. The number of benzene rings is 1. The van der Waals surface area contributed by atoms with Crippen LogP contribution in [0.1, 0.15) is 43.8 Å². The molecule has 1 saturated heterocycles. The van der Waals surface area contributed by atoms with Crippen LogP contribution in [0.2, 0.25) is 0 Å². The van der Waals surface area contributed by atoms with Gasteiger partial charge in [-0.05, 0) is 73.9 Å². The number of likely N-dealkylation sites (tertiary alicyclic amines) is 1. The Bertz CT molecular complexity index is 1150. The summed E-state index contributed by atoms with van der Waals surface area (Å²) < 4.78 is 7.40. The van der Waals surface area contributed by atoms with E-state index in [-0.39, 0.29) is 6.42 Å². The summed E-state index contributed by atoms with van der Waals surface area (Å²) in [6.07, 6.45) is 8.25. The molecule has 1 aliphatic heterocycles. The van der Waals surface area contributed by atoms with E-state index >= 15 is 0 Å². The van der Waals surface area contributed by atoms with Gasteiger partial charge in [-0.2, -0.15) is 0 Å². The second-order valence-corrected chi connectivity index (χ2v) is 10.7. The van der Waals surface area contributed by atoms with Crippen LogP contribution in [0.5, 0.6) is 5.75 Å². The quantitative estimate of drug-likeness (QED) is 0.345. The Hall–Kier alpha value is -2.62. The van der Waals surface area contributed by atoms with E-state index in [0.717, 1.165) is 65.5 Å². The Morgan fingerprint density at radius 3 is 2.89 bits per heavy atom. The smallest absolute Gasteiger partial charge is 0.303 e. The standard InChI is InChI=1S/C27H36N4O4S/c1-30-18-28-16-26(30)36-14-13-31-12-10-19(20(17-31)4-8-27(33)34)3-7-25(32)22-9-11-29-24-6-5-21(35-2)15-23(22)24/h5-6,9,11,15-16,18-20,25,32H,3-4,7-8,10,12-14,17H2,1-2H3,(H,33,34)/t19-,20+,25?/m1/s1. The monoisotopic (exact) mass is 512 g/mol. The van der Waals surface area contributed by atoms with Crippen LogP contribution in [-0.4, -0.2) is 68.1 Å². The predicted molar refractivity (Wildman–Crippen MR) is 141 cm³/mol. The van der Waals surface area contributed by atoms with Crippen molar-refractivity contribution in [2.75, 3.05) is 32.5 Å². The summed E-state index contributed by atoms with van der Waals surface area (Å²) in [5, 5.41) is 22.5. The van der Waals surface area contributed by atoms with Crippen LogP contribution in [0.4, 0.5) is 0 Å². The molecule has 194 valence electrons. The summed E-state index contributed by atoms with van der Waals surface area (Å²) in [6, 6.07) is 7.60. The van der Waals surface area contributed by atoms with E-state index in [1.54, 1.807) is 25.1 Å². The van der Waals surface area contributed by atoms with Crippen LogP contribution in [0, 0.1) is 11.8 Å². The van der Waals surface area contributed by atoms with Gasteiger partial charge in [-0.1, -0.05) is 0 Å². The predicted octanol–water partition coefficient (Wildman–Crippen LogP) is 4.39. The van der Waals surface area contributed by atoms with E-state index in [0.29, 0.717) is 24.7 Å². The number of piperidine rings is 1. The highest BCUT2D eigenvalue weighted by Gasteiger charge is 2.30. The van der Waals surface area contributed by atoms with Crippen molar-refractivity contribution < 1.29 is 19.7 Å². The molecule has 36 heavy (non-hydrogen) atoms. The minimum absolute atomic E-state index is 0.191. The molecule has 3 aromatic rings. The molecule has 3 heterocycles. The molecule has 2 N–H and O–H groups in total. The summed E-state index contributed by atoms with van der Waals surface area (Å²) in [4.78, 5) is 22.4. The number of nitrogens with zero attached hydrogens (tertiary/aromatic N) is 4. The molecular weight excluding hydrogens is 476 g/mol. The number of aromatic nitrogens is 3. The zero-order chi connectivity index (χ0) is 25.5. The Morgan fingerprint density at radius 1 is 1.28 bits per heavy atom. The lowest BCUT2D eigenvalue weighted by molar-refractivity contribution is -0.137. The first kappa shape index (κ1) is 26.4. The molecule has 0 saturated carbocycles. The molecule has 1 aromatic carbocycles. The van der Waals surface area contributed by atoms with E-state index in [9.17, 15) is 15.0 Å². The van der Waals surface area contributed by atoms with Gasteiger partial charge in [-0.25, -0.2) is 4.98 Å². The van der Waals surface area contributed by atoms with Crippen molar-refractivity contribution >= 4 is 28.6 Å². The molecule has 8 nitrogen and oxygen atoms in total. The van der Waals surface area contributed by atoms with Gasteiger partial charge in [0, 0.05) is 43.9 Å². The number of carboxylic acid groups (broad SMARTS) is 1. The molecule has 0 aliphatic carbocycles. The van der Waals surface area contributed by atoms with Crippen LogP contribution in [0.25, 0.3) is 10.9 Å². The average molecular weight is 513 g/mol. The Kier molecular flexibility index (Phi) is 9.23. The van der Waals surface area contributed by atoms with E-state index in [2.05, 4.69) is 14.9 Å². The number of hydrogen-bond donors (Lipinski definition) is 2. The first-order valence-corrected chi connectivity index (χ1v) is 13.6. The number of carbonyl (C=O) groups is 1. The highest BCUT2D eigenvalue weighted by molar-refractivity contribution is 7.99. The van der Waals surface area contributed by atoms with Crippen molar-refractivity contribution in [1.82, 2.24) is 19.4 Å². The SMILES string of the molecule is COc1ccc2nccc(C(O)CC[C@@H]3CCN(CCSc4cncn4C)C[C@@H]3CCC(=O)O)c2c1. The lowest BCUT2D eigenvalue weighted by atomic mass is 9.79. The molecule has 0 amide bonds. The number of hydrogen-bond acceptors (Lipinski definition) is 7. The van der Waals surface area contributed by atoms with Crippen molar-refractivity contribution in [3.05, 3.63) is 48.5 Å². The maximum atomic E-state index is 11.3. The molecule has 1 fully saturated rings. The number of carboxylic acids is 1. The third kappa shape index (κ3) is 6.78. The minimum atomic E-state index is -0.741. The fourth-order valence-corrected chi connectivity index (χ4v) is 6.17. The second kappa shape index (κ2) is 12.6. The van der Waals surface area contributed by atoms with Crippen LogP contribution < -0.4 is 4.74 Å². The highest BCUT2D eigenvalue weighted by atomic mass is 32.2. The summed E-state index contributed by atoms with van der Waals surface area (Å²) in [5.74, 6) is 1.70. The number of thioether (sulfide) groups is 1. The number of fused-ring (bicyclic) bond motifs is 1. The van der Waals surface area contributed by atoms with E-state index in [4.69, 9.17) is 4.74 Å². The van der Waals surface area contributed by atoms with Crippen LogP contribution in [0.15, 0.2) is 48.0 Å². The third-order valence-electron chi connectivity index (χ3n) is 7.29. The fourth-order valence-electron chi connectivity index (χ4n) is 5.23. The van der Waals surface area contributed by atoms with Crippen molar-refractivity contribution in [3.63, 3.8) is 0 Å². The Labute approximate surface area is 216 Å². The number of imidazole rings is 1. The van der Waals surface area contributed by atoms with Crippen molar-refractivity contribution in [1.29, 1.82) is 0 Å². The second-order valence-electron chi connectivity index (χ2n) is 9.61. The number of pyridine rings is 1. The maximum absolute atomic E-state index is 11.3. The van der Waals surface area contributed by atoms with Crippen molar-refractivity contribution in [3.8, 4) is 5.75 Å². The van der Waals surface area contributed by atoms with Gasteiger partial charge in [0.1, 0.15) is 5.75 Å². The van der Waals surface area contributed by atoms with Gasteiger partial charge in [-0.15, -0.1) is 11.8 Å². The molecule has 0 spiro atoms. The molecule has 1 aliphatic rings. The number of rotatable bonds is 12. The highest BCUT2D eigenvalue weighted by Crippen LogP contribution is 2.35. The molecule has 0 bridgehead atoms. The van der Waals surface area contributed by atoms with Gasteiger partial charge in [0.2, 0.25) is 0 Å². The maximum Gasteiger partial charge on any atom is 0.303 e. The number of ether oxygens (including phenoxy) is 1. The van der Waals surface area contributed by atoms with E-state index in [1.165, 1.54) is 0 Å². The van der Waals surface area contributed by atoms with Crippen LogP contribution in [-0.2, 0) is 11.8 Å². The summed E-state index contributed by atoms with van der Waals surface area (Å²) >= 11 is 1.80. The largest absolute Gasteiger partial charge is 0.497 e. The van der Waals surface area contributed by atoms with Crippen molar-refractivity contribution in [2.45, 2.75) is 43.2 Å². The molecule has 1 unspecified atom stereocenters. The van der Waals surface area contributed by atoms with Gasteiger partial charge in [0.15, 0.2) is 0 Å². The summed E-state index contributed by atoms with van der Waals surface area (Å²) in [6.45, 7) is 2.89. The molecule has 2 aromatic heterocycles. The zero-order valence-electron chi connectivity index (χ0n) is 21.0. The summed E-state index contributed by atoms with van der Waals surface area (Å²) in [5.41, 5.74) is 1.70. The number of aliphatic hydroxyl groups is 1. The lowest BCUT2D eigenvalue weighted by Crippen LogP contribution is -2.41. The minimum Gasteiger partial charge on any atom is -0.497 e. The number of methoxy groups -OCH3 is 1.